The van der Waals surface area contributed by atoms with E-state index in [1.807, 2.05) is 0 Å². The van der Waals surface area contributed by atoms with Gasteiger partial charge in [0.2, 0.25) is 0 Å². The summed E-state index contributed by atoms with van der Waals surface area (Å²) in [5.41, 5.74) is 0.406. The minimum atomic E-state index is -0.599. The summed E-state index contributed by atoms with van der Waals surface area (Å²) in [4.78, 5) is 0. The van der Waals surface area contributed by atoms with Crippen molar-refractivity contribution in [1.29, 1.82) is 0 Å². The summed E-state index contributed by atoms with van der Waals surface area (Å²) in [6, 6.07) is 3.03. The molecule has 0 aliphatic carbocycles. The van der Waals surface area contributed by atoms with Crippen molar-refractivity contribution in [2.75, 3.05) is 19.8 Å². The van der Waals surface area contributed by atoms with Crippen LogP contribution in [0.15, 0.2) is 18.2 Å². The van der Waals surface area contributed by atoms with Crippen LogP contribution in [0.4, 0.5) is 8.78 Å². The first-order valence-electron chi connectivity index (χ1n) is 5.06. The molecule has 3 nitrogen and oxygen atoms in total. The van der Waals surface area contributed by atoms with Gasteiger partial charge in [0, 0.05) is 6.07 Å². The average Bonchev–Trinajstić information content (AvgIpc) is 2.27. The van der Waals surface area contributed by atoms with Gasteiger partial charge in [-0.3, -0.25) is 0 Å². The summed E-state index contributed by atoms with van der Waals surface area (Å²) in [6.07, 6.45) is 0.378. The second-order valence-electron chi connectivity index (χ2n) is 3.50. The summed E-state index contributed by atoms with van der Waals surface area (Å²) in [5, 5.41) is 20.4. The smallest absolute Gasteiger partial charge is 0.129 e. The van der Waals surface area contributed by atoms with Crippen LogP contribution in [-0.4, -0.2) is 36.0 Å². The Morgan fingerprint density at radius 3 is 2.44 bits per heavy atom. The van der Waals surface area contributed by atoms with Crippen LogP contribution >= 0.6 is 0 Å². The molecule has 1 rings (SSSR count). The van der Waals surface area contributed by atoms with Crippen molar-refractivity contribution in [3.05, 3.63) is 35.4 Å². The van der Waals surface area contributed by atoms with Crippen LogP contribution in [0.3, 0.4) is 0 Å². The molecule has 0 amide bonds. The lowest BCUT2D eigenvalue weighted by atomic mass is 10.1. The number of hydrogen-bond acceptors (Lipinski definition) is 3. The Morgan fingerprint density at radius 2 is 1.88 bits per heavy atom. The van der Waals surface area contributed by atoms with Crippen molar-refractivity contribution in [3.8, 4) is 0 Å². The zero-order valence-corrected chi connectivity index (χ0v) is 8.79. The van der Waals surface area contributed by atoms with Gasteiger partial charge in [0.15, 0.2) is 0 Å². The van der Waals surface area contributed by atoms with Gasteiger partial charge in [0.25, 0.3) is 0 Å². The molecule has 0 aromatic heterocycles. The lowest BCUT2D eigenvalue weighted by Gasteiger charge is -2.13. The quantitative estimate of drug-likeness (QED) is 0.666. The molecule has 0 radical (unpaired) electrons. The fourth-order valence-corrected chi connectivity index (χ4v) is 1.32. The summed E-state index contributed by atoms with van der Waals surface area (Å²) < 4.78 is 25.8. The van der Waals surface area contributed by atoms with Gasteiger partial charge in [-0.2, -0.15) is 0 Å². The standard InChI is InChI=1S/C11H15F2NO2/c12-9-2-1-8(11(13)5-9)3-4-14-10(6-15)7-16/h1-2,5,10,14-16H,3-4,6-7H2. The Bertz CT molecular complexity index is 330. The van der Waals surface area contributed by atoms with Gasteiger partial charge in [0.1, 0.15) is 11.6 Å². The van der Waals surface area contributed by atoms with E-state index in [1.54, 1.807) is 0 Å². The van der Waals surface area contributed by atoms with Crippen molar-refractivity contribution in [2.24, 2.45) is 0 Å². The van der Waals surface area contributed by atoms with E-state index in [9.17, 15) is 8.78 Å². The van der Waals surface area contributed by atoms with Crippen molar-refractivity contribution >= 4 is 0 Å². The maximum atomic E-state index is 13.2. The van der Waals surface area contributed by atoms with Gasteiger partial charge in [-0.1, -0.05) is 6.07 Å². The Labute approximate surface area is 92.7 Å². The second kappa shape index (κ2) is 6.52. The molecule has 0 saturated heterocycles. The number of hydrogen-bond donors (Lipinski definition) is 3. The normalized spacial score (nSPS) is 11.1. The zero-order chi connectivity index (χ0) is 12.0. The summed E-state index contributed by atoms with van der Waals surface area (Å²) >= 11 is 0. The Morgan fingerprint density at radius 1 is 1.19 bits per heavy atom. The summed E-state index contributed by atoms with van der Waals surface area (Å²) in [6.45, 7) is 0.0547. The Hall–Kier alpha value is -1.04. The highest BCUT2D eigenvalue weighted by atomic mass is 19.1. The molecule has 0 aliphatic heterocycles. The first-order valence-corrected chi connectivity index (χ1v) is 5.06. The third-order valence-corrected chi connectivity index (χ3v) is 2.28. The largest absolute Gasteiger partial charge is 0.395 e. The maximum Gasteiger partial charge on any atom is 0.129 e. The minimum absolute atomic E-state index is 0.178. The molecule has 0 atom stereocenters. The molecule has 0 spiro atoms. The lowest BCUT2D eigenvalue weighted by molar-refractivity contribution is 0.171. The van der Waals surface area contributed by atoms with Crippen molar-refractivity contribution < 1.29 is 19.0 Å². The Balaban J connectivity index is 2.42. The van der Waals surface area contributed by atoms with Crippen molar-refractivity contribution in [3.63, 3.8) is 0 Å². The first kappa shape index (κ1) is 13.0. The fourth-order valence-electron chi connectivity index (χ4n) is 1.32. The number of aliphatic hydroxyl groups is 2. The maximum absolute atomic E-state index is 13.2. The zero-order valence-electron chi connectivity index (χ0n) is 8.79. The number of benzene rings is 1. The highest BCUT2D eigenvalue weighted by molar-refractivity contribution is 5.18. The lowest BCUT2D eigenvalue weighted by Crippen LogP contribution is -2.37. The monoisotopic (exact) mass is 231 g/mol. The third-order valence-electron chi connectivity index (χ3n) is 2.28. The molecule has 0 heterocycles. The molecule has 3 N–H and O–H groups in total. The van der Waals surface area contributed by atoms with E-state index in [0.29, 0.717) is 18.5 Å². The molecular formula is C11H15F2NO2. The average molecular weight is 231 g/mol. The molecule has 0 bridgehead atoms. The minimum Gasteiger partial charge on any atom is -0.395 e. The summed E-state index contributed by atoms with van der Waals surface area (Å²) in [5.74, 6) is -1.18. The van der Waals surface area contributed by atoms with Crippen LogP contribution in [-0.2, 0) is 6.42 Å². The molecule has 16 heavy (non-hydrogen) atoms. The second-order valence-corrected chi connectivity index (χ2v) is 3.50. The van der Waals surface area contributed by atoms with Crippen LogP contribution in [0.5, 0.6) is 0 Å². The SMILES string of the molecule is OCC(CO)NCCc1ccc(F)cc1F. The van der Waals surface area contributed by atoms with E-state index < -0.39 is 17.7 Å². The summed E-state index contributed by atoms with van der Waals surface area (Å²) in [7, 11) is 0. The highest BCUT2D eigenvalue weighted by Gasteiger charge is 2.06. The molecule has 1 aromatic rings. The number of halogens is 2. The molecule has 5 heteroatoms. The van der Waals surface area contributed by atoms with Crippen LogP contribution in [0.2, 0.25) is 0 Å². The predicted octanol–water partition coefficient (Wildman–Crippen LogP) is 0.450. The molecule has 0 aliphatic rings. The van der Waals surface area contributed by atoms with E-state index >= 15 is 0 Å². The van der Waals surface area contributed by atoms with E-state index in [-0.39, 0.29) is 13.2 Å². The molecule has 0 unspecified atom stereocenters. The number of aliphatic hydroxyl groups excluding tert-OH is 2. The number of nitrogens with one attached hydrogen (secondary N) is 1. The van der Waals surface area contributed by atoms with Crippen LogP contribution in [0, 0.1) is 11.6 Å². The highest BCUT2D eigenvalue weighted by Crippen LogP contribution is 2.09. The van der Waals surface area contributed by atoms with E-state index in [1.165, 1.54) is 12.1 Å². The topological polar surface area (TPSA) is 52.5 Å². The van der Waals surface area contributed by atoms with Gasteiger partial charge in [0.05, 0.1) is 19.3 Å². The number of rotatable bonds is 6. The van der Waals surface area contributed by atoms with Crippen LogP contribution in [0.25, 0.3) is 0 Å². The van der Waals surface area contributed by atoms with Crippen LogP contribution in [0.1, 0.15) is 5.56 Å². The molecule has 0 fully saturated rings. The van der Waals surface area contributed by atoms with Crippen molar-refractivity contribution in [1.82, 2.24) is 5.32 Å². The van der Waals surface area contributed by atoms with Gasteiger partial charge in [-0.05, 0) is 24.6 Å². The third kappa shape index (κ3) is 3.84. The van der Waals surface area contributed by atoms with Crippen molar-refractivity contribution in [2.45, 2.75) is 12.5 Å². The molecule has 0 saturated carbocycles. The molecule has 1 aromatic carbocycles. The first-order chi connectivity index (χ1) is 7.67. The van der Waals surface area contributed by atoms with Gasteiger partial charge in [-0.25, -0.2) is 8.78 Å². The fraction of sp³-hybridized carbons (Fsp3) is 0.455. The van der Waals surface area contributed by atoms with E-state index in [4.69, 9.17) is 10.2 Å². The predicted molar refractivity (Wildman–Crippen MR) is 56.0 cm³/mol. The van der Waals surface area contributed by atoms with Gasteiger partial charge >= 0.3 is 0 Å². The van der Waals surface area contributed by atoms with Crippen LogP contribution < -0.4 is 5.32 Å². The Kier molecular flexibility index (Phi) is 5.31. The van der Waals surface area contributed by atoms with E-state index in [2.05, 4.69) is 5.32 Å². The van der Waals surface area contributed by atoms with Gasteiger partial charge in [-0.15, -0.1) is 0 Å². The molecule has 90 valence electrons. The molecular weight excluding hydrogens is 216 g/mol. The van der Waals surface area contributed by atoms with E-state index in [0.717, 1.165) is 6.07 Å². The van der Waals surface area contributed by atoms with Gasteiger partial charge < -0.3 is 15.5 Å².